The highest BCUT2D eigenvalue weighted by Gasteiger charge is 2.19. The molecule has 2 heterocycles. The van der Waals surface area contributed by atoms with Crippen molar-refractivity contribution in [2.45, 2.75) is 6.61 Å². The summed E-state index contributed by atoms with van der Waals surface area (Å²) < 4.78 is 7.15. The number of carboxylic acid groups (broad SMARTS) is 1. The van der Waals surface area contributed by atoms with E-state index >= 15 is 0 Å². The molecule has 3 rings (SSSR count). The van der Waals surface area contributed by atoms with Gasteiger partial charge in [0.2, 0.25) is 0 Å². The van der Waals surface area contributed by atoms with E-state index in [1.54, 1.807) is 36.5 Å². The first-order valence-corrected chi connectivity index (χ1v) is 7.58. The molecular weight excluding hydrogens is 363 g/mol. The molecule has 1 aromatic carbocycles. The van der Waals surface area contributed by atoms with Crippen molar-refractivity contribution in [3.8, 4) is 5.75 Å². The Kier molecular flexibility index (Phi) is 4.35. The van der Waals surface area contributed by atoms with Crippen LogP contribution < -0.4 is 4.74 Å². The lowest BCUT2D eigenvalue weighted by atomic mass is 10.2. The predicted molar refractivity (Wildman–Crippen MR) is 88.0 cm³/mol. The Balaban J connectivity index is 1.98. The number of aromatic nitrogens is 2. The predicted octanol–water partition coefficient (Wildman–Crippen LogP) is 4.57. The lowest BCUT2D eigenvalue weighted by Gasteiger charge is -2.10. The number of pyridine rings is 1. The molecule has 3 aromatic rings. The van der Waals surface area contributed by atoms with Crippen molar-refractivity contribution in [3.63, 3.8) is 0 Å². The molecule has 0 fully saturated rings. The Bertz CT molecular complexity index is 888. The number of carboxylic acids is 1. The summed E-state index contributed by atoms with van der Waals surface area (Å²) in [5, 5.41) is 10.1. The normalized spacial score (nSPS) is 10.9. The van der Waals surface area contributed by atoms with Gasteiger partial charge in [0.25, 0.3) is 0 Å². The average molecular weight is 372 g/mol. The van der Waals surface area contributed by atoms with Gasteiger partial charge in [0.15, 0.2) is 17.1 Å². The highest BCUT2D eigenvalue weighted by atomic mass is 35.5. The summed E-state index contributed by atoms with van der Waals surface area (Å²) in [7, 11) is 0. The zero-order valence-corrected chi connectivity index (χ0v) is 13.7. The number of hydrogen-bond donors (Lipinski definition) is 1. The van der Waals surface area contributed by atoms with Crippen molar-refractivity contribution < 1.29 is 14.6 Å². The highest BCUT2D eigenvalue weighted by Crippen LogP contribution is 2.29. The highest BCUT2D eigenvalue weighted by molar-refractivity contribution is 6.36. The minimum Gasteiger partial charge on any atom is -0.485 e. The van der Waals surface area contributed by atoms with Crippen LogP contribution >= 0.6 is 34.8 Å². The third kappa shape index (κ3) is 2.95. The summed E-state index contributed by atoms with van der Waals surface area (Å²) in [6, 6.07) is 8.50. The molecule has 8 heteroatoms. The third-order valence-electron chi connectivity index (χ3n) is 3.19. The number of nitrogens with zero attached hydrogens (tertiary/aromatic N) is 2. The minimum absolute atomic E-state index is 0.00808. The van der Waals surface area contributed by atoms with E-state index in [-0.39, 0.29) is 17.5 Å². The van der Waals surface area contributed by atoms with Crippen LogP contribution in [0.25, 0.3) is 5.65 Å². The minimum atomic E-state index is -1.21. The van der Waals surface area contributed by atoms with E-state index in [9.17, 15) is 4.79 Å². The number of carbonyl (C=O) groups is 1. The summed E-state index contributed by atoms with van der Waals surface area (Å²) in [4.78, 5) is 15.1. The topological polar surface area (TPSA) is 63.8 Å². The van der Waals surface area contributed by atoms with Crippen LogP contribution in [0.5, 0.6) is 5.75 Å². The lowest BCUT2D eigenvalue weighted by molar-refractivity contribution is 0.0691. The summed E-state index contributed by atoms with van der Waals surface area (Å²) >= 11 is 18.2. The average Bonchev–Trinajstić information content (AvgIpc) is 2.85. The number of imidazole rings is 1. The molecule has 118 valence electrons. The molecule has 0 spiro atoms. The molecule has 0 saturated heterocycles. The molecule has 23 heavy (non-hydrogen) atoms. The molecule has 0 saturated carbocycles. The zero-order chi connectivity index (χ0) is 16.6. The second kappa shape index (κ2) is 6.28. The Hall–Kier alpha value is -1.95. The monoisotopic (exact) mass is 370 g/mol. The van der Waals surface area contributed by atoms with Gasteiger partial charge in [0.05, 0.1) is 0 Å². The van der Waals surface area contributed by atoms with Crippen molar-refractivity contribution in [2.75, 3.05) is 0 Å². The van der Waals surface area contributed by atoms with E-state index < -0.39 is 5.97 Å². The standard InChI is InChI=1S/C15H9Cl3N2O3/c16-9-3-1-4-10(17)8(9)7-23-11-5-2-6-20-13(18)12(15(21)22)19-14(11)20/h1-6H,7H2,(H,21,22). The molecule has 0 aliphatic heterocycles. The number of rotatable bonds is 4. The lowest BCUT2D eigenvalue weighted by Crippen LogP contribution is -1.99. The van der Waals surface area contributed by atoms with Crippen molar-refractivity contribution >= 4 is 46.4 Å². The Morgan fingerprint density at radius 1 is 1.17 bits per heavy atom. The van der Waals surface area contributed by atoms with Gasteiger partial charge < -0.3 is 9.84 Å². The van der Waals surface area contributed by atoms with Gasteiger partial charge in [-0.25, -0.2) is 9.78 Å². The van der Waals surface area contributed by atoms with E-state index in [2.05, 4.69) is 4.98 Å². The van der Waals surface area contributed by atoms with Crippen LogP contribution in [-0.4, -0.2) is 20.5 Å². The molecule has 2 aromatic heterocycles. The number of benzene rings is 1. The van der Waals surface area contributed by atoms with Gasteiger partial charge in [-0.1, -0.05) is 40.9 Å². The summed E-state index contributed by atoms with van der Waals surface area (Å²) in [6.07, 6.45) is 1.60. The third-order valence-corrected chi connectivity index (χ3v) is 4.26. The van der Waals surface area contributed by atoms with Gasteiger partial charge in [0.1, 0.15) is 11.8 Å². The van der Waals surface area contributed by atoms with Crippen LogP contribution in [0.1, 0.15) is 16.1 Å². The van der Waals surface area contributed by atoms with E-state index in [0.29, 0.717) is 27.0 Å². The summed E-state index contributed by atoms with van der Waals surface area (Å²) in [5.41, 5.74) is 0.700. The number of hydrogen-bond acceptors (Lipinski definition) is 3. The number of fused-ring (bicyclic) bond motifs is 1. The van der Waals surface area contributed by atoms with E-state index in [1.807, 2.05) is 0 Å². The van der Waals surface area contributed by atoms with Crippen LogP contribution in [0, 0.1) is 0 Å². The maximum atomic E-state index is 11.1. The molecule has 1 N–H and O–H groups in total. The molecule has 0 bridgehead atoms. The Labute approximate surface area is 146 Å². The smallest absolute Gasteiger partial charge is 0.357 e. The van der Waals surface area contributed by atoms with Gasteiger partial charge in [-0.2, -0.15) is 0 Å². The largest absolute Gasteiger partial charge is 0.485 e. The molecular formula is C15H9Cl3N2O3. The van der Waals surface area contributed by atoms with Gasteiger partial charge in [-0.3, -0.25) is 4.40 Å². The van der Waals surface area contributed by atoms with Crippen LogP contribution in [0.15, 0.2) is 36.5 Å². The first kappa shape index (κ1) is 15.9. The van der Waals surface area contributed by atoms with Crippen molar-refractivity contribution in [3.05, 3.63) is 63.0 Å². The van der Waals surface area contributed by atoms with Crippen molar-refractivity contribution in [2.24, 2.45) is 0 Å². The Morgan fingerprint density at radius 3 is 2.52 bits per heavy atom. The maximum absolute atomic E-state index is 11.1. The fourth-order valence-corrected chi connectivity index (χ4v) is 2.85. The molecule has 0 aliphatic carbocycles. The molecule has 0 radical (unpaired) electrons. The number of halogens is 3. The summed E-state index contributed by atoms with van der Waals surface area (Å²) in [6.45, 7) is 0.116. The number of aromatic carboxylic acids is 1. The van der Waals surface area contributed by atoms with Gasteiger partial charge in [0, 0.05) is 21.8 Å². The maximum Gasteiger partial charge on any atom is 0.357 e. The first-order chi connectivity index (χ1) is 11.0. The van der Waals surface area contributed by atoms with Crippen molar-refractivity contribution in [1.29, 1.82) is 0 Å². The van der Waals surface area contributed by atoms with Crippen molar-refractivity contribution in [1.82, 2.24) is 9.38 Å². The molecule has 0 aliphatic rings. The second-order valence-electron chi connectivity index (χ2n) is 4.61. The van der Waals surface area contributed by atoms with Crippen LogP contribution in [0.3, 0.4) is 0 Å². The van der Waals surface area contributed by atoms with E-state index in [1.165, 1.54) is 4.40 Å². The van der Waals surface area contributed by atoms with Gasteiger partial charge >= 0.3 is 5.97 Å². The quantitative estimate of drug-likeness (QED) is 0.729. The SMILES string of the molecule is O=C(O)c1nc2c(OCc3c(Cl)cccc3Cl)cccn2c1Cl. The Morgan fingerprint density at radius 2 is 1.87 bits per heavy atom. The van der Waals surface area contributed by atoms with Crippen LogP contribution in [-0.2, 0) is 6.61 Å². The van der Waals surface area contributed by atoms with Crippen LogP contribution in [0.2, 0.25) is 15.2 Å². The molecule has 0 amide bonds. The zero-order valence-electron chi connectivity index (χ0n) is 11.5. The van der Waals surface area contributed by atoms with Crippen LogP contribution in [0.4, 0.5) is 0 Å². The molecule has 0 unspecified atom stereocenters. The van der Waals surface area contributed by atoms with E-state index in [4.69, 9.17) is 44.6 Å². The summed E-state index contributed by atoms with van der Waals surface area (Å²) in [5.74, 6) is -0.836. The fraction of sp³-hybridized carbons (Fsp3) is 0.0667. The van der Waals surface area contributed by atoms with Gasteiger partial charge in [-0.15, -0.1) is 0 Å². The second-order valence-corrected chi connectivity index (χ2v) is 5.78. The molecule has 0 atom stereocenters. The first-order valence-electron chi connectivity index (χ1n) is 6.44. The number of ether oxygens (including phenoxy) is 1. The van der Waals surface area contributed by atoms with Gasteiger partial charge in [-0.05, 0) is 24.3 Å². The fourth-order valence-electron chi connectivity index (χ4n) is 2.08. The van der Waals surface area contributed by atoms with E-state index in [0.717, 1.165) is 0 Å². The molecule has 5 nitrogen and oxygen atoms in total.